The number of aromatic nitrogens is 2. The van der Waals surface area contributed by atoms with Crippen LogP contribution in [0.2, 0.25) is 0 Å². The van der Waals surface area contributed by atoms with Crippen molar-refractivity contribution < 1.29 is 4.79 Å². The van der Waals surface area contributed by atoms with Crippen LogP contribution in [-0.2, 0) is 4.79 Å². The van der Waals surface area contributed by atoms with Crippen molar-refractivity contribution in [3.8, 4) is 11.3 Å². The van der Waals surface area contributed by atoms with Gasteiger partial charge in [-0.3, -0.25) is 4.79 Å². The van der Waals surface area contributed by atoms with Gasteiger partial charge in [-0.05, 0) is 35.5 Å². The minimum absolute atomic E-state index is 0.0940. The maximum Gasteiger partial charge on any atom is 0.221 e. The third-order valence-electron chi connectivity index (χ3n) is 3.35. The van der Waals surface area contributed by atoms with E-state index in [1.807, 2.05) is 60.8 Å². The third-order valence-corrected chi connectivity index (χ3v) is 3.64. The number of imidazole rings is 1. The summed E-state index contributed by atoms with van der Waals surface area (Å²) in [7, 11) is 0. The molecule has 1 amide bonds. The summed E-state index contributed by atoms with van der Waals surface area (Å²) in [6.45, 7) is 1.48. The van der Waals surface area contributed by atoms with Crippen LogP contribution >= 0.6 is 12.2 Å². The van der Waals surface area contributed by atoms with Crippen molar-refractivity contribution in [3.63, 3.8) is 0 Å². The highest BCUT2D eigenvalue weighted by Crippen LogP contribution is 2.16. The normalized spacial score (nSPS) is 10.9. The minimum Gasteiger partial charge on any atom is -0.329 e. The predicted octanol–water partition coefficient (Wildman–Crippen LogP) is 4.05. The van der Waals surface area contributed by atoms with Crippen molar-refractivity contribution in [2.24, 2.45) is 5.10 Å². The number of benzene rings is 2. The fraction of sp³-hybridized carbons (Fsp3) is 0.0556. The second-order valence-corrected chi connectivity index (χ2v) is 5.62. The largest absolute Gasteiger partial charge is 0.329 e. The molecule has 0 atom stereocenters. The number of nitrogens with zero attached hydrogens (tertiary/aromatic N) is 2. The number of rotatable bonds is 4. The molecule has 0 bridgehead atoms. The lowest BCUT2D eigenvalue weighted by Crippen LogP contribution is -2.05. The molecule has 0 fully saturated rings. The molecule has 0 aliphatic heterocycles. The average Bonchev–Trinajstić information content (AvgIpc) is 2.95. The van der Waals surface area contributed by atoms with Gasteiger partial charge in [-0.15, -0.1) is 0 Å². The highest BCUT2D eigenvalue weighted by molar-refractivity contribution is 7.71. The van der Waals surface area contributed by atoms with Gasteiger partial charge in [0.25, 0.3) is 0 Å². The molecule has 0 radical (unpaired) electrons. The Balaban J connectivity index is 1.78. The number of anilines is 1. The van der Waals surface area contributed by atoms with E-state index in [1.165, 1.54) is 6.92 Å². The Morgan fingerprint density at radius 3 is 2.54 bits per heavy atom. The van der Waals surface area contributed by atoms with Crippen LogP contribution in [0.3, 0.4) is 0 Å². The summed E-state index contributed by atoms with van der Waals surface area (Å²) in [5.74, 6) is -0.0940. The Morgan fingerprint density at radius 2 is 1.88 bits per heavy atom. The fourth-order valence-electron chi connectivity index (χ4n) is 2.22. The lowest BCUT2D eigenvalue weighted by atomic mass is 10.2. The Morgan fingerprint density at radius 1 is 1.17 bits per heavy atom. The molecule has 0 saturated carbocycles. The summed E-state index contributed by atoms with van der Waals surface area (Å²) in [5, 5.41) is 7.11. The molecule has 2 aromatic carbocycles. The molecule has 3 aromatic rings. The lowest BCUT2D eigenvalue weighted by Gasteiger charge is -2.01. The zero-order valence-electron chi connectivity index (χ0n) is 13.1. The van der Waals surface area contributed by atoms with Crippen LogP contribution in [0.1, 0.15) is 12.5 Å². The van der Waals surface area contributed by atoms with Crippen LogP contribution in [0, 0.1) is 4.77 Å². The van der Waals surface area contributed by atoms with E-state index in [-0.39, 0.29) is 5.91 Å². The van der Waals surface area contributed by atoms with Crippen molar-refractivity contribution in [2.75, 3.05) is 5.32 Å². The van der Waals surface area contributed by atoms with Gasteiger partial charge >= 0.3 is 0 Å². The Kier molecular flexibility index (Phi) is 4.67. The van der Waals surface area contributed by atoms with E-state index >= 15 is 0 Å². The number of aromatic amines is 1. The first kappa shape index (κ1) is 15.9. The van der Waals surface area contributed by atoms with Crippen LogP contribution < -0.4 is 5.32 Å². The molecule has 120 valence electrons. The number of hydrogen-bond acceptors (Lipinski definition) is 3. The topological polar surface area (TPSA) is 62.2 Å². The molecule has 1 aromatic heterocycles. The van der Waals surface area contributed by atoms with Crippen LogP contribution in [-0.4, -0.2) is 21.8 Å². The molecule has 1 heterocycles. The van der Waals surface area contributed by atoms with Gasteiger partial charge in [0.1, 0.15) is 0 Å². The van der Waals surface area contributed by atoms with E-state index in [0.717, 1.165) is 22.5 Å². The number of hydrogen-bond donors (Lipinski definition) is 2. The summed E-state index contributed by atoms with van der Waals surface area (Å²) in [6.07, 6.45) is 3.58. The Hall–Kier alpha value is -2.99. The maximum absolute atomic E-state index is 11.0. The smallest absolute Gasteiger partial charge is 0.221 e. The van der Waals surface area contributed by atoms with E-state index in [9.17, 15) is 4.79 Å². The Labute approximate surface area is 144 Å². The zero-order chi connectivity index (χ0) is 16.9. The highest BCUT2D eigenvalue weighted by atomic mass is 32.1. The molecule has 0 saturated heterocycles. The van der Waals surface area contributed by atoms with E-state index in [0.29, 0.717) is 4.77 Å². The average molecular weight is 336 g/mol. The number of carbonyl (C=O) groups excluding carboxylic acids is 1. The summed E-state index contributed by atoms with van der Waals surface area (Å²) in [4.78, 5) is 14.2. The van der Waals surface area contributed by atoms with Gasteiger partial charge in [0.2, 0.25) is 5.91 Å². The van der Waals surface area contributed by atoms with Crippen molar-refractivity contribution in [1.29, 1.82) is 0 Å². The summed E-state index contributed by atoms with van der Waals surface area (Å²) in [6, 6.07) is 17.4. The standard InChI is InChI=1S/C18H16N4OS/c1-13(23)20-16-9-7-14(8-10-16)11-19-22-12-17(21-18(22)24)15-5-3-2-4-6-15/h2-12H,1H3,(H,20,23)(H,21,24). The Bertz CT molecular complexity index is 924. The van der Waals surface area contributed by atoms with Crippen LogP contribution in [0.5, 0.6) is 0 Å². The first-order valence-electron chi connectivity index (χ1n) is 7.41. The predicted molar refractivity (Wildman–Crippen MR) is 98.8 cm³/mol. The first-order chi connectivity index (χ1) is 11.6. The van der Waals surface area contributed by atoms with Crippen molar-refractivity contribution in [3.05, 3.63) is 71.1 Å². The van der Waals surface area contributed by atoms with Crippen molar-refractivity contribution >= 4 is 30.0 Å². The number of nitrogens with one attached hydrogen (secondary N) is 2. The van der Waals surface area contributed by atoms with E-state index in [1.54, 1.807) is 10.9 Å². The fourth-order valence-corrected chi connectivity index (χ4v) is 2.43. The molecule has 5 nitrogen and oxygen atoms in total. The monoisotopic (exact) mass is 336 g/mol. The number of amides is 1. The van der Waals surface area contributed by atoms with E-state index in [2.05, 4.69) is 15.4 Å². The minimum atomic E-state index is -0.0940. The molecule has 6 heteroatoms. The molecular weight excluding hydrogens is 320 g/mol. The molecule has 2 N–H and O–H groups in total. The van der Waals surface area contributed by atoms with Gasteiger partial charge in [-0.25, -0.2) is 4.68 Å². The van der Waals surface area contributed by atoms with Crippen LogP contribution in [0.25, 0.3) is 11.3 Å². The first-order valence-corrected chi connectivity index (χ1v) is 7.82. The van der Waals surface area contributed by atoms with Gasteiger partial charge in [0, 0.05) is 12.6 Å². The van der Waals surface area contributed by atoms with Crippen LogP contribution in [0.15, 0.2) is 65.9 Å². The van der Waals surface area contributed by atoms with Gasteiger partial charge in [-0.1, -0.05) is 42.5 Å². The molecule has 0 spiro atoms. The second kappa shape index (κ2) is 7.06. The summed E-state index contributed by atoms with van der Waals surface area (Å²) >= 11 is 5.30. The molecule has 0 aliphatic carbocycles. The van der Waals surface area contributed by atoms with Gasteiger partial charge in [-0.2, -0.15) is 5.10 Å². The van der Waals surface area contributed by atoms with Gasteiger partial charge in [0.05, 0.1) is 18.1 Å². The van der Waals surface area contributed by atoms with Crippen molar-refractivity contribution in [2.45, 2.75) is 6.92 Å². The lowest BCUT2D eigenvalue weighted by molar-refractivity contribution is -0.114. The van der Waals surface area contributed by atoms with Crippen LogP contribution in [0.4, 0.5) is 5.69 Å². The quantitative estimate of drug-likeness (QED) is 0.557. The second-order valence-electron chi connectivity index (χ2n) is 5.23. The molecule has 0 unspecified atom stereocenters. The SMILES string of the molecule is CC(=O)Nc1ccc(C=Nn2cc(-c3ccccc3)[nH]c2=S)cc1. The molecular formula is C18H16N4OS. The highest BCUT2D eigenvalue weighted by Gasteiger charge is 2.01. The summed E-state index contributed by atoms with van der Waals surface area (Å²) in [5.41, 5.74) is 3.63. The number of H-pyrrole nitrogens is 1. The van der Waals surface area contributed by atoms with Gasteiger partial charge in [0.15, 0.2) is 4.77 Å². The van der Waals surface area contributed by atoms with E-state index < -0.39 is 0 Å². The molecule has 3 rings (SSSR count). The molecule has 0 aliphatic rings. The summed E-state index contributed by atoms with van der Waals surface area (Å²) < 4.78 is 2.15. The van der Waals surface area contributed by atoms with Gasteiger partial charge < -0.3 is 10.3 Å². The van der Waals surface area contributed by atoms with E-state index in [4.69, 9.17) is 12.2 Å². The van der Waals surface area contributed by atoms with Crippen molar-refractivity contribution in [1.82, 2.24) is 9.66 Å². The zero-order valence-corrected chi connectivity index (χ0v) is 13.9. The third kappa shape index (κ3) is 3.85. The maximum atomic E-state index is 11.0. The molecule has 24 heavy (non-hydrogen) atoms. The number of carbonyl (C=O) groups is 1.